The molecule has 0 saturated heterocycles. The second kappa shape index (κ2) is 7.59. The minimum Gasteiger partial charge on any atom is -0.490 e. The van der Waals surface area contributed by atoms with Crippen molar-refractivity contribution in [2.45, 2.75) is 45.7 Å². The molecule has 0 bridgehead atoms. The van der Waals surface area contributed by atoms with Gasteiger partial charge in [0.1, 0.15) is 12.4 Å². The van der Waals surface area contributed by atoms with E-state index in [2.05, 4.69) is 37.6 Å². The molecule has 0 spiro atoms. The molecule has 0 aromatic carbocycles. The summed E-state index contributed by atoms with van der Waals surface area (Å²) in [6.07, 6.45) is 3.46. The van der Waals surface area contributed by atoms with E-state index in [0.29, 0.717) is 24.6 Å². The van der Waals surface area contributed by atoms with Crippen LogP contribution in [0.25, 0.3) is 0 Å². The Morgan fingerprint density at radius 2 is 1.94 bits per heavy atom. The highest BCUT2D eigenvalue weighted by Crippen LogP contribution is 2.18. The molecule has 1 heterocycles. The molecule has 0 radical (unpaired) electrons. The molecule has 3 nitrogen and oxygen atoms in total. The van der Waals surface area contributed by atoms with Crippen LogP contribution in [0.4, 0.5) is 0 Å². The molecule has 4 heteroatoms. The van der Waals surface area contributed by atoms with Crippen molar-refractivity contribution in [3.63, 3.8) is 0 Å². The maximum absolute atomic E-state index is 5.86. The minimum atomic E-state index is 0.454. The van der Waals surface area contributed by atoms with Gasteiger partial charge in [-0.3, -0.25) is 9.88 Å². The monoisotopic (exact) mass is 270 g/mol. The van der Waals surface area contributed by atoms with E-state index in [4.69, 9.17) is 16.3 Å². The number of nitrogens with zero attached hydrogens (tertiary/aromatic N) is 2. The molecule has 0 fully saturated rings. The Morgan fingerprint density at radius 3 is 2.50 bits per heavy atom. The number of hydrogen-bond acceptors (Lipinski definition) is 3. The van der Waals surface area contributed by atoms with E-state index in [1.807, 2.05) is 6.07 Å². The second-order valence-corrected chi connectivity index (χ2v) is 5.16. The van der Waals surface area contributed by atoms with Gasteiger partial charge in [-0.25, -0.2) is 0 Å². The van der Waals surface area contributed by atoms with Crippen molar-refractivity contribution >= 4 is 11.6 Å². The largest absolute Gasteiger partial charge is 0.490 e. The van der Waals surface area contributed by atoms with Crippen LogP contribution < -0.4 is 4.74 Å². The van der Waals surface area contributed by atoms with Crippen LogP contribution in [0.5, 0.6) is 5.75 Å². The standard InChI is InChI=1S/C14H23ClN2O/c1-11(2)17(12(3)4)7-8-18-14-10-16-6-5-13(14)9-15/h5-6,10-12H,7-9H2,1-4H3. The molecule has 0 aliphatic carbocycles. The molecule has 0 saturated carbocycles. The van der Waals surface area contributed by atoms with Crippen LogP contribution in [0.3, 0.4) is 0 Å². The molecule has 1 aromatic heterocycles. The number of hydrogen-bond donors (Lipinski definition) is 0. The first-order chi connectivity index (χ1) is 8.56. The summed E-state index contributed by atoms with van der Waals surface area (Å²) in [4.78, 5) is 6.46. The van der Waals surface area contributed by atoms with Gasteiger partial charge in [0.15, 0.2) is 0 Å². The quantitative estimate of drug-likeness (QED) is 0.711. The smallest absolute Gasteiger partial charge is 0.142 e. The summed E-state index contributed by atoms with van der Waals surface area (Å²) in [5.74, 6) is 1.25. The number of rotatable bonds is 7. The molecule has 0 amide bonds. The Kier molecular flexibility index (Phi) is 6.44. The first kappa shape index (κ1) is 15.3. The molecule has 0 unspecified atom stereocenters. The third kappa shape index (κ3) is 4.46. The van der Waals surface area contributed by atoms with Gasteiger partial charge in [-0.2, -0.15) is 0 Å². The van der Waals surface area contributed by atoms with Crippen LogP contribution in [0.2, 0.25) is 0 Å². The van der Waals surface area contributed by atoms with Crippen LogP contribution in [0.15, 0.2) is 18.5 Å². The predicted molar refractivity (Wildman–Crippen MR) is 76.3 cm³/mol. The molecule has 0 N–H and O–H groups in total. The summed E-state index contributed by atoms with van der Waals surface area (Å²) < 4.78 is 5.77. The first-order valence-corrected chi connectivity index (χ1v) is 6.97. The number of alkyl halides is 1. The molecule has 18 heavy (non-hydrogen) atoms. The minimum absolute atomic E-state index is 0.454. The first-order valence-electron chi connectivity index (χ1n) is 6.43. The van der Waals surface area contributed by atoms with Gasteiger partial charge in [-0.05, 0) is 33.8 Å². The molecular weight excluding hydrogens is 248 g/mol. The Morgan fingerprint density at radius 1 is 1.28 bits per heavy atom. The summed E-state index contributed by atoms with van der Waals surface area (Å²) in [5.41, 5.74) is 0.993. The van der Waals surface area contributed by atoms with Crippen molar-refractivity contribution in [2.24, 2.45) is 0 Å². The molecule has 0 atom stereocenters. The highest BCUT2D eigenvalue weighted by molar-refractivity contribution is 6.17. The van der Waals surface area contributed by atoms with Crippen molar-refractivity contribution in [3.8, 4) is 5.75 Å². The molecule has 102 valence electrons. The zero-order valence-corrected chi connectivity index (χ0v) is 12.4. The highest BCUT2D eigenvalue weighted by Gasteiger charge is 2.13. The van der Waals surface area contributed by atoms with E-state index in [1.165, 1.54) is 0 Å². The molecule has 1 rings (SSSR count). The maximum atomic E-state index is 5.86. The van der Waals surface area contributed by atoms with Gasteiger partial charge in [0.2, 0.25) is 0 Å². The Balaban J connectivity index is 2.50. The van der Waals surface area contributed by atoms with Crippen molar-refractivity contribution < 1.29 is 4.74 Å². The van der Waals surface area contributed by atoms with Crippen molar-refractivity contribution in [2.75, 3.05) is 13.2 Å². The van der Waals surface area contributed by atoms with Crippen LogP contribution >= 0.6 is 11.6 Å². The van der Waals surface area contributed by atoms with Gasteiger partial charge < -0.3 is 4.74 Å². The lowest BCUT2D eigenvalue weighted by atomic mass is 10.2. The topological polar surface area (TPSA) is 25.4 Å². The average molecular weight is 271 g/mol. The SMILES string of the molecule is CC(C)N(CCOc1cnccc1CCl)C(C)C. The molecule has 1 aromatic rings. The fraction of sp³-hybridized carbons (Fsp3) is 0.643. The number of ether oxygens (including phenoxy) is 1. The fourth-order valence-corrected chi connectivity index (χ4v) is 2.24. The summed E-state index contributed by atoms with van der Waals surface area (Å²) in [7, 11) is 0. The third-order valence-corrected chi connectivity index (χ3v) is 3.24. The van der Waals surface area contributed by atoms with E-state index < -0.39 is 0 Å². The van der Waals surface area contributed by atoms with Crippen LogP contribution in [0, 0.1) is 0 Å². The summed E-state index contributed by atoms with van der Waals surface area (Å²) in [6, 6.07) is 2.94. The van der Waals surface area contributed by atoms with Gasteiger partial charge in [0.25, 0.3) is 0 Å². The number of halogens is 1. The lowest BCUT2D eigenvalue weighted by Gasteiger charge is -2.30. The zero-order valence-electron chi connectivity index (χ0n) is 11.7. The van der Waals surface area contributed by atoms with E-state index in [9.17, 15) is 0 Å². The zero-order chi connectivity index (χ0) is 13.5. The van der Waals surface area contributed by atoms with Gasteiger partial charge in [0.05, 0.1) is 12.1 Å². The van der Waals surface area contributed by atoms with Crippen LogP contribution in [0.1, 0.15) is 33.3 Å². The van der Waals surface area contributed by atoms with Gasteiger partial charge in [-0.15, -0.1) is 11.6 Å². The predicted octanol–water partition coefficient (Wildman–Crippen LogP) is 3.32. The van der Waals surface area contributed by atoms with E-state index in [1.54, 1.807) is 12.4 Å². The third-order valence-electron chi connectivity index (χ3n) is 2.95. The fourth-order valence-electron chi connectivity index (χ4n) is 2.02. The molecule has 0 aliphatic rings. The maximum Gasteiger partial charge on any atom is 0.142 e. The molecule has 0 aliphatic heterocycles. The summed E-state index contributed by atoms with van der Waals surface area (Å²) in [6.45, 7) is 10.4. The van der Waals surface area contributed by atoms with Gasteiger partial charge in [0, 0.05) is 30.4 Å². The van der Waals surface area contributed by atoms with Gasteiger partial charge in [-0.1, -0.05) is 0 Å². The van der Waals surface area contributed by atoms with Crippen LogP contribution in [-0.2, 0) is 5.88 Å². The Labute approximate surface area is 115 Å². The number of pyridine rings is 1. The lowest BCUT2D eigenvalue weighted by molar-refractivity contribution is 0.141. The number of aromatic nitrogens is 1. The van der Waals surface area contributed by atoms with E-state index in [-0.39, 0.29) is 0 Å². The van der Waals surface area contributed by atoms with Crippen molar-refractivity contribution in [1.29, 1.82) is 0 Å². The Bertz CT molecular complexity index is 347. The van der Waals surface area contributed by atoms with E-state index in [0.717, 1.165) is 17.9 Å². The van der Waals surface area contributed by atoms with Crippen LogP contribution in [-0.4, -0.2) is 35.1 Å². The average Bonchev–Trinajstić information content (AvgIpc) is 2.34. The Hall–Kier alpha value is -0.800. The van der Waals surface area contributed by atoms with Gasteiger partial charge >= 0.3 is 0 Å². The lowest BCUT2D eigenvalue weighted by Crippen LogP contribution is -2.39. The molecular formula is C14H23ClN2O. The van der Waals surface area contributed by atoms with E-state index >= 15 is 0 Å². The second-order valence-electron chi connectivity index (χ2n) is 4.89. The summed E-state index contributed by atoms with van der Waals surface area (Å²) in [5, 5.41) is 0. The highest BCUT2D eigenvalue weighted by atomic mass is 35.5. The van der Waals surface area contributed by atoms with Crippen molar-refractivity contribution in [3.05, 3.63) is 24.0 Å². The summed E-state index contributed by atoms with van der Waals surface area (Å²) >= 11 is 5.86. The normalized spacial score (nSPS) is 11.6. The van der Waals surface area contributed by atoms with Crippen molar-refractivity contribution in [1.82, 2.24) is 9.88 Å².